The van der Waals surface area contributed by atoms with Gasteiger partial charge in [-0.2, -0.15) is 0 Å². The van der Waals surface area contributed by atoms with Crippen molar-refractivity contribution < 1.29 is 28.2 Å². The summed E-state index contributed by atoms with van der Waals surface area (Å²) in [6.07, 6.45) is 4.06. The lowest BCUT2D eigenvalue weighted by Crippen LogP contribution is -2.16. The first-order valence-electron chi connectivity index (χ1n) is 8.69. The molecule has 1 aromatic rings. The molecule has 0 N–H and O–H groups in total. The third-order valence-electron chi connectivity index (χ3n) is 3.91. The maximum Gasteiger partial charge on any atom is 0.311 e. The first-order chi connectivity index (χ1) is 12.0. The predicted molar refractivity (Wildman–Crippen MR) is 92.1 cm³/mol. The number of methoxy groups -OCH3 is 1. The van der Waals surface area contributed by atoms with E-state index in [9.17, 15) is 14.0 Å². The average molecular weight is 354 g/mol. The van der Waals surface area contributed by atoms with Crippen molar-refractivity contribution >= 4 is 11.9 Å². The maximum atomic E-state index is 13.1. The Labute approximate surface area is 148 Å². The van der Waals surface area contributed by atoms with E-state index in [4.69, 9.17) is 14.2 Å². The van der Waals surface area contributed by atoms with Crippen LogP contribution in [-0.4, -0.2) is 25.7 Å². The summed E-state index contributed by atoms with van der Waals surface area (Å²) in [6.45, 7) is 4.58. The van der Waals surface area contributed by atoms with Gasteiger partial charge in [0.25, 0.3) is 0 Å². The summed E-state index contributed by atoms with van der Waals surface area (Å²) in [5, 5.41) is 0. The van der Waals surface area contributed by atoms with Gasteiger partial charge in [0, 0.05) is 6.07 Å². The molecule has 0 spiro atoms. The molecule has 1 unspecified atom stereocenters. The molecule has 140 valence electrons. The van der Waals surface area contributed by atoms with Crippen molar-refractivity contribution in [2.45, 2.75) is 52.4 Å². The van der Waals surface area contributed by atoms with Crippen LogP contribution in [0, 0.1) is 11.7 Å². The Hall–Kier alpha value is -2.11. The topological polar surface area (TPSA) is 61.8 Å². The Kier molecular flexibility index (Phi) is 9.58. The largest absolute Gasteiger partial charge is 0.493 e. The Bertz CT molecular complexity index is 559. The minimum atomic E-state index is -0.597. The summed E-state index contributed by atoms with van der Waals surface area (Å²) in [6, 6.07) is 3.60. The highest BCUT2D eigenvalue weighted by Crippen LogP contribution is 2.27. The van der Waals surface area contributed by atoms with E-state index in [1.165, 1.54) is 19.2 Å². The first kappa shape index (κ1) is 20.9. The van der Waals surface area contributed by atoms with Gasteiger partial charge < -0.3 is 14.2 Å². The molecule has 1 atom stereocenters. The lowest BCUT2D eigenvalue weighted by atomic mass is 10.0. The zero-order chi connectivity index (χ0) is 18.7. The molecule has 0 amide bonds. The van der Waals surface area contributed by atoms with Crippen molar-refractivity contribution in [3.05, 3.63) is 24.0 Å². The average Bonchev–Trinajstić information content (AvgIpc) is 2.61. The fraction of sp³-hybridized carbons (Fsp3) is 0.579. The van der Waals surface area contributed by atoms with Crippen molar-refractivity contribution in [2.24, 2.45) is 5.92 Å². The van der Waals surface area contributed by atoms with Gasteiger partial charge in [0.05, 0.1) is 26.6 Å². The second-order valence-electron chi connectivity index (χ2n) is 5.87. The minimum Gasteiger partial charge on any atom is -0.493 e. The molecule has 25 heavy (non-hydrogen) atoms. The fourth-order valence-electron chi connectivity index (χ4n) is 2.28. The number of esters is 2. The van der Waals surface area contributed by atoms with Gasteiger partial charge in [-0.15, -0.1) is 0 Å². The fourth-order valence-corrected chi connectivity index (χ4v) is 2.28. The molecule has 6 heteroatoms. The number of carbonyl (C=O) groups is 2. The molecular weight excluding hydrogens is 327 g/mol. The summed E-state index contributed by atoms with van der Waals surface area (Å²) >= 11 is 0. The molecule has 0 aliphatic rings. The SMILES string of the molecule is CCCCC(CC)COC(=O)CCC(=O)Oc1ccc(F)cc1OC. The van der Waals surface area contributed by atoms with Crippen molar-refractivity contribution in [3.63, 3.8) is 0 Å². The van der Waals surface area contributed by atoms with Crippen LogP contribution in [-0.2, 0) is 14.3 Å². The van der Waals surface area contributed by atoms with Gasteiger partial charge in [-0.05, 0) is 24.5 Å². The number of ether oxygens (including phenoxy) is 3. The van der Waals surface area contributed by atoms with E-state index in [1.807, 2.05) is 0 Å². The molecule has 1 aromatic carbocycles. The van der Waals surface area contributed by atoms with Crippen LogP contribution in [0.15, 0.2) is 18.2 Å². The highest BCUT2D eigenvalue weighted by Gasteiger charge is 2.15. The van der Waals surface area contributed by atoms with E-state index in [2.05, 4.69) is 13.8 Å². The maximum absolute atomic E-state index is 13.1. The van der Waals surface area contributed by atoms with Gasteiger partial charge in [0.2, 0.25) is 0 Å². The van der Waals surface area contributed by atoms with Gasteiger partial charge in [0.1, 0.15) is 5.82 Å². The predicted octanol–water partition coefficient (Wildman–Crippen LogP) is 4.28. The number of halogens is 1. The third kappa shape index (κ3) is 8.01. The van der Waals surface area contributed by atoms with Gasteiger partial charge >= 0.3 is 11.9 Å². The molecule has 0 aliphatic heterocycles. The molecule has 0 aromatic heterocycles. The van der Waals surface area contributed by atoms with Gasteiger partial charge in [-0.25, -0.2) is 4.39 Å². The molecule has 0 aliphatic carbocycles. The number of unbranched alkanes of at least 4 members (excludes halogenated alkanes) is 1. The Morgan fingerprint density at radius 1 is 1.12 bits per heavy atom. The second-order valence-corrected chi connectivity index (χ2v) is 5.87. The summed E-state index contributed by atoms with van der Waals surface area (Å²) in [7, 11) is 1.35. The van der Waals surface area contributed by atoms with E-state index < -0.39 is 17.8 Å². The first-order valence-corrected chi connectivity index (χ1v) is 8.69. The molecule has 0 bridgehead atoms. The quantitative estimate of drug-likeness (QED) is 0.438. The van der Waals surface area contributed by atoms with E-state index in [0.717, 1.165) is 31.7 Å². The summed E-state index contributed by atoms with van der Waals surface area (Å²) in [5.41, 5.74) is 0. The Morgan fingerprint density at radius 2 is 1.84 bits per heavy atom. The summed E-state index contributed by atoms with van der Waals surface area (Å²) in [4.78, 5) is 23.6. The smallest absolute Gasteiger partial charge is 0.311 e. The molecular formula is C19H27FO5. The Balaban J connectivity index is 2.37. The zero-order valence-electron chi connectivity index (χ0n) is 15.2. The van der Waals surface area contributed by atoms with E-state index in [1.54, 1.807) is 0 Å². The lowest BCUT2D eigenvalue weighted by molar-refractivity contribution is -0.148. The summed E-state index contributed by atoms with van der Waals surface area (Å²) < 4.78 is 28.4. The number of hydrogen-bond donors (Lipinski definition) is 0. The van der Waals surface area contributed by atoms with Gasteiger partial charge in [-0.3, -0.25) is 9.59 Å². The molecule has 5 nitrogen and oxygen atoms in total. The number of hydrogen-bond acceptors (Lipinski definition) is 5. The van der Waals surface area contributed by atoms with Crippen LogP contribution in [0.3, 0.4) is 0 Å². The van der Waals surface area contributed by atoms with Gasteiger partial charge in [-0.1, -0.05) is 33.1 Å². The molecule has 0 heterocycles. The number of benzene rings is 1. The molecule has 0 saturated heterocycles. The van der Waals surface area contributed by atoms with Crippen molar-refractivity contribution in [1.82, 2.24) is 0 Å². The normalized spacial score (nSPS) is 11.7. The second kappa shape index (κ2) is 11.4. The van der Waals surface area contributed by atoms with Crippen LogP contribution >= 0.6 is 0 Å². The van der Waals surface area contributed by atoms with Crippen LogP contribution in [0.4, 0.5) is 4.39 Å². The van der Waals surface area contributed by atoms with Crippen molar-refractivity contribution in [2.75, 3.05) is 13.7 Å². The molecule has 0 radical (unpaired) electrons. The van der Waals surface area contributed by atoms with Crippen LogP contribution in [0.2, 0.25) is 0 Å². The standard InChI is InChI=1S/C19H27FO5/c1-4-6-7-14(5-2)13-24-18(21)10-11-19(22)25-16-9-8-15(20)12-17(16)23-3/h8-9,12,14H,4-7,10-11,13H2,1-3H3. The molecule has 0 saturated carbocycles. The number of carbonyl (C=O) groups excluding carboxylic acids is 2. The third-order valence-corrected chi connectivity index (χ3v) is 3.91. The van der Waals surface area contributed by atoms with Crippen molar-refractivity contribution in [3.8, 4) is 11.5 Å². The Morgan fingerprint density at radius 3 is 2.48 bits per heavy atom. The lowest BCUT2D eigenvalue weighted by Gasteiger charge is -2.14. The van der Waals surface area contributed by atoms with Crippen LogP contribution in [0.25, 0.3) is 0 Å². The highest BCUT2D eigenvalue weighted by molar-refractivity contribution is 5.79. The van der Waals surface area contributed by atoms with E-state index in [-0.39, 0.29) is 24.3 Å². The number of rotatable bonds is 11. The van der Waals surface area contributed by atoms with Gasteiger partial charge in [0.15, 0.2) is 11.5 Å². The van der Waals surface area contributed by atoms with E-state index >= 15 is 0 Å². The van der Waals surface area contributed by atoms with Crippen LogP contribution in [0.1, 0.15) is 52.4 Å². The minimum absolute atomic E-state index is 0.0491. The van der Waals surface area contributed by atoms with E-state index in [0.29, 0.717) is 12.5 Å². The zero-order valence-corrected chi connectivity index (χ0v) is 15.2. The van der Waals surface area contributed by atoms with Crippen molar-refractivity contribution in [1.29, 1.82) is 0 Å². The summed E-state index contributed by atoms with van der Waals surface area (Å²) in [5.74, 6) is -0.906. The molecule has 0 fully saturated rings. The van der Waals surface area contributed by atoms with Crippen LogP contribution < -0.4 is 9.47 Å². The molecule has 1 rings (SSSR count). The highest BCUT2D eigenvalue weighted by atomic mass is 19.1. The van der Waals surface area contributed by atoms with Crippen LogP contribution in [0.5, 0.6) is 11.5 Å². The monoisotopic (exact) mass is 354 g/mol.